The van der Waals surface area contributed by atoms with E-state index in [0.29, 0.717) is 5.82 Å². The van der Waals surface area contributed by atoms with Gasteiger partial charge in [0.2, 0.25) is 0 Å². The Labute approximate surface area is 87.2 Å². The predicted molar refractivity (Wildman–Crippen MR) is 55.6 cm³/mol. The average molecular weight is 204 g/mol. The summed E-state index contributed by atoms with van der Waals surface area (Å²) in [5.74, 6) is 0.781. The zero-order valence-electron chi connectivity index (χ0n) is 8.33. The number of nitrogens with two attached hydrogens (primary N) is 1. The SMILES string of the molecule is CC(N)c1ncn(-c2cccc(O)c2)n1. The van der Waals surface area contributed by atoms with Gasteiger partial charge in [0.05, 0.1) is 11.7 Å². The van der Waals surface area contributed by atoms with Crippen molar-refractivity contribution < 1.29 is 5.11 Å². The molecule has 1 heterocycles. The second kappa shape index (κ2) is 3.70. The molecule has 0 fully saturated rings. The topological polar surface area (TPSA) is 77.0 Å². The van der Waals surface area contributed by atoms with Crippen molar-refractivity contribution in [1.29, 1.82) is 0 Å². The number of hydrogen-bond donors (Lipinski definition) is 2. The van der Waals surface area contributed by atoms with E-state index in [0.717, 1.165) is 5.69 Å². The Kier molecular flexibility index (Phi) is 2.39. The molecule has 0 saturated carbocycles. The number of aromatic nitrogens is 3. The Morgan fingerprint density at radius 1 is 1.47 bits per heavy atom. The van der Waals surface area contributed by atoms with Gasteiger partial charge in [-0.1, -0.05) is 6.07 Å². The molecule has 1 aromatic carbocycles. The third kappa shape index (κ3) is 1.97. The average Bonchev–Trinajstić information content (AvgIpc) is 2.66. The first-order valence-electron chi connectivity index (χ1n) is 4.63. The van der Waals surface area contributed by atoms with Crippen molar-refractivity contribution in [2.24, 2.45) is 5.73 Å². The van der Waals surface area contributed by atoms with Gasteiger partial charge in [-0.15, -0.1) is 5.10 Å². The quantitative estimate of drug-likeness (QED) is 0.764. The fourth-order valence-corrected chi connectivity index (χ4v) is 1.24. The number of aromatic hydroxyl groups is 1. The molecule has 2 rings (SSSR count). The van der Waals surface area contributed by atoms with Crippen LogP contribution in [0.4, 0.5) is 0 Å². The van der Waals surface area contributed by atoms with Crippen LogP contribution >= 0.6 is 0 Å². The van der Waals surface area contributed by atoms with Gasteiger partial charge in [-0.25, -0.2) is 9.67 Å². The minimum Gasteiger partial charge on any atom is -0.508 e. The van der Waals surface area contributed by atoms with Crippen molar-refractivity contribution in [2.45, 2.75) is 13.0 Å². The van der Waals surface area contributed by atoms with E-state index in [1.807, 2.05) is 13.0 Å². The Balaban J connectivity index is 2.37. The molecule has 78 valence electrons. The second-order valence-corrected chi connectivity index (χ2v) is 3.36. The van der Waals surface area contributed by atoms with Crippen LogP contribution in [0, 0.1) is 0 Å². The highest BCUT2D eigenvalue weighted by Gasteiger charge is 2.06. The normalized spacial score (nSPS) is 12.7. The third-order valence-corrected chi connectivity index (χ3v) is 2.01. The van der Waals surface area contributed by atoms with E-state index in [1.54, 1.807) is 29.2 Å². The molecule has 0 aliphatic rings. The van der Waals surface area contributed by atoms with Crippen molar-refractivity contribution in [1.82, 2.24) is 14.8 Å². The van der Waals surface area contributed by atoms with Crippen LogP contribution in [0.2, 0.25) is 0 Å². The molecule has 15 heavy (non-hydrogen) atoms. The summed E-state index contributed by atoms with van der Waals surface area (Å²) in [6.07, 6.45) is 1.58. The summed E-state index contributed by atoms with van der Waals surface area (Å²) < 4.78 is 1.58. The molecular formula is C10H12N4O. The van der Waals surface area contributed by atoms with Gasteiger partial charge in [0.1, 0.15) is 12.1 Å². The molecule has 0 aliphatic heterocycles. The first kappa shape index (κ1) is 9.67. The molecule has 0 aliphatic carbocycles. The van der Waals surface area contributed by atoms with Crippen molar-refractivity contribution in [3.63, 3.8) is 0 Å². The van der Waals surface area contributed by atoms with Crippen LogP contribution < -0.4 is 5.73 Å². The van der Waals surface area contributed by atoms with E-state index in [4.69, 9.17) is 5.73 Å². The van der Waals surface area contributed by atoms with Gasteiger partial charge in [0, 0.05) is 6.07 Å². The third-order valence-electron chi connectivity index (χ3n) is 2.01. The second-order valence-electron chi connectivity index (χ2n) is 3.36. The van der Waals surface area contributed by atoms with Crippen LogP contribution in [0.1, 0.15) is 18.8 Å². The van der Waals surface area contributed by atoms with Crippen molar-refractivity contribution >= 4 is 0 Å². The number of rotatable bonds is 2. The smallest absolute Gasteiger partial charge is 0.167 e. The molecule has 5 heteroatoms. The van der Waals surface area contributed by atoms with E-state index in [9.17, 15) is 5.11 Å². The maximum Gasteiger partial charge on any atom is 0.167 e. The summed E-state index contributed by atoms with van der Waals surface area (Å²) >= 11 is 0. The highest BCUT2D eigenvalue weighted by molar-refractivity contribution is 5.37. The fraction of sp³-hybridized carbons (Fsp3) is 0.200. The zero-order chi connectivity index (χ0) is 10.8. The Morgan fingerprint density at radius 2 is 2.27 bits per heavy atom. The molecule has 0 saturated heterocycles. The highest BCUT2D eigenvalue weighted by Crippen LogP contribution is 2.14. The van der Waals surface area contributed by atoms with Gasteiger partial charge in [0.25, 0.3) is 0 Å². The summed E-state index contributed by atoms with van der Waals surface area (Å²) in [6.45, 7) is 1.82. The van der Waals surface area contributed by atoms with Gasteiger partial charge < -0.3 is 10.8 Å². The van der Waals surface area contributed by atoms with Gasteiger partial charge in [0.15, 0.2) is 5.82 Å². The molecule has 5 nitrogen and oxygen atoms in total. The van der Waals surface area contributed by atoms with E-state index >= 15 is 0 Å². The predicted octanol–water partition coefficient (Wildman–Crippen LogP) is 0.993. The van der Waals surface area contributed by atoms with Gasteiger partial charge >= 0.3 is 0 Å². The van der Waals surface area contributed by atoms with Crippen molar-refractivity contribution in [3.8, 4) is 11.4 Å². The standard InChI is InChI=1S/C10H12N4O/c1-7(11)10-12-6-14(13-10)8-3-2-4-9(15)5-8/h2-7,15H,11H2,1H3. The zero-order valence-corrected chi connectivity index (χ0v) is 8.33. The molecule has 0 bridgehead atoms. The first-order chi connectivity index (χ1) is 7.16. The molecule has 1 unspecified atom stereocenters. The minimum absolute atomic E-state index is 0.191. The molecule has 2 aromatic rings. The molecular weight excluding hydrogens is 192 g/mol. The summed E-state index contributed by atoms with van der Waals surface area (Å²) in [5.41, 5.74) is 6.41. The first-order valence-corrected chi connectivity index (χ1v) is 4.63. The van der Waals surface area contributed by atoms with Crippen molar-refractivity contribution in [3.05, 3.63) is 36.4 Å². The molecule has 1 aromatic heterocycles. The van der Waals surface area contributed by atoms with Crippen LogP contribution in [-0.4, -0.2) is 19.9 Å². The minimum atomic E-state index is -0.191. The van der Waals surface area contributed by atoms with Crippen LogP contribution in [0.3, 0.4) is 0 Å². The molecule has 3 N–H and O–H groups in total. The van der Waals surface area contributed by atoms with Crippen LogP contribution in [-0.2, 0) is 0 Å². The maximum atomic E-state index is 9.30. The van der Waals surface area contributed by atoms with Crippen LogP contribution in [0.5, 0.6) is 5.75 Å². The number of hydrogen-bond acceptors (Lipinski definition) is 4. The largest absolute Gasteiger partial charge is 0.508 e. The van der Waals surface area contributed by atoms with Crippen molar-refractivity contribution in [2.75, 3.05) is 0 Å². The number of phenolic OH excluding ortho intramolecular Hbond substituents is 1. The van der Waals surface area contributed by atoms with Gasteiger partial charge in [-0.05, 0) is 19.1 Å². The number of phenols is 1. The Bertz CT molecular complexity index is 464. The molecule has 0 amide bonds. The molecule has 0 radical (unpaired) electrons. The summed E-state index contributed by atoms with van der Waals surface area (Å²) in [4.78, 5) is 4.07. The lowest BCUT2D eigenvalue weighted by atomic mass is 10.3. The summed E-state index contributed by atoms with van der Waals surface area (Å²) in [5, 5.41) is 13.5. The van der Waals surface area contributed by atoms with E-state index in [2.05, 4.69) is 10.1 Å². The highest BCUT2D eigenvalue weighted by atomic mass is 16.3. The van der Waals surface area contributed by atoms with E-state index in [-0.39, 0.29) is 11.8 Å². The lowest BCUT2D eigenvalue weighted by molar-refractivity contribution is 0.475. The fourth-order valence-electron chi connectivity index (χ4n) is 1.24. The van der Waals surface area contributed by atoms with Gasteiger partial charge in [-0.2, -0.15) is 0 Å². The molecule has 1 atom stereocenters. The Hall–Kier alpha value is -1.88. The maximum absolute atomic E-state index is 9.30. The Morgan fingerprint density at radius 3 is 2.87 bits per heavy atom. The van der Waals surface area contributed by atoms with Crippen LogP contribution in [0.25, 0.3) is 5.69 Å². The molecule has 0 spiro atoms. The lowest BCUT2D eigenvalue weighted by Gasteiger charge is -2.00. The van der Waals surface area contributed by atoms with E-state index in [1.165, 1.54) is 0 Å². The summed E-state index contributed by atoms with van der Waals surface area (Å²) in [6, 6.07) is 6.60. The monoisotopic (exact) mass is 204 g/mol. The van der Waals surface area contributed by atoms with Gasteiger partial charge in [-0.3, -0.25) is 0 Å². The number of nitrogens with zero attached hydrogens (tertiary/aromatic N) is 3. The lowest BCUT2D eigenvalue weighted by Crippen LogP contribution is -2.07. The summed E-state index contributed by atoms with van der Waals surface area (Å²) in [7, 11) is 0. The van der Waals surface area contributed by atoms with E-state index < -0.39 is 0 Å². The van der Waals surface area contributed by atoms with Crippen LogP contribution in [0.15, 0.2) is 30.6 Å². The number of benzene rings is 1.